The van der Waals surface area contributed by atoms with Gasteiger partial charge in [0.2, 0.25) is 0 Å². The predicted octanol–water partition coefficient (Wildman–Crippen LogP) is 10.3. The highest BCUT2D eigenvalue weighted by atomic mass is 35.5. The first-order valence-electron chi connectivity index (χ1n) is 21.2. The van der Waals surface area contributed by atoms with E-state index in [-0.39, 0.29) is 23.8 Å². The maximum atomic E-state index is 9.24. The fraction of sp³-hybridized carbons (Fsp3) is 0.609. The highest BCUT2D eigenvalue weighted by Gasteiger charge is 2.42. The first-order valence-corrected chi connectivity index (χ1v) is 21.7. The molecular weight excluding hydrogens is 744 g/mol. The standard InChI is InChI=1S/C23H29NO4.C15H16ClNO.C8H14O3/c1-15-4-3-5-16(2)20(15)21-19(22(28-24-21)17-6-7-17)14-25-18-8-10-23(11-9-18)26-12-13-27-23;1-9-4-3-5-10(2)13(9)14-12(8-16)15(18-17-14)11-6-7-11;9-7-1-3-8(4-2-7)10-5-6-11-8/h3-5,17-18H,6-14H2,1-2H3;3-5,11H,6-8H2,1-2H3;7,9H,1-6H2. The lowest BCUT2D eigenvalue weighted by atomic mass is 9.91. The minimum Gasteiger partial charge on any atom is -0.393 e. The van der Waals surface area contributed by atoms with E-state index >= 15 is 0 Å². The fourth-order valence-corrected chi connectivity index (χ4v) is 9.29. The lowest BCUT2D eigenvalue weighted by Gasteiger charge is -2.35. The number of benzene rings is 2. The van der Waals surface area contributed by atoms with E-state index < -0.39 is 0 Å². The van der Waals surface area contributed by atoms with Crippen LogP contribution >= 0.6 is 11.6 Å². The van der Waals surface area contributed by atoms with Crippen LogP contribution in [0.3, 0.4) is 0 Å². The summed E-state index contributed by atoms with van der Waals surface area (Å²) in [6.45, 7) is 11.9. The van der Waals surface area contributed by atoms with Crippen molar-refractivity contribution in [2.45, 2.75) is 153 Å². The summed E-state index contributed by atoms with van der Waals surface area (Å²) in [5.74, 6) is 2.93. The van der Waals surface area contributed by atoms with Crippen molar-refractivity contribution in [2.75, 3.05) is 26.4 Å². The maximum Gasteiger partial charge on any atom is 0.168 e. The Bertz CT molecular complexity index is 1910. The van der Waals surface area contributed by atoms with Crippen molar-refractivity contribution in [3.05, 3.63) is 81.3 Å². The number of aliphatic hydroxyl groups excluding tert-OH is 1. The molecule has 1 N–H and O–H groups in total. The number of hydrogen-bond acceptors (Lipinski definition) is 10. The molecule has 4 heterocycles. The monoisotopic (exact) mass is 802 g/mol. The Morgan fingerprint density at radius 3 is 1.44 bits per heavy atom. The quantitative estimate of drug-likeness (QED) is 0.173. The molecule has 0 atom stereocenters. The molecule has 2 aliphatic heterocycles. The minimum absolute atomic E-state index is 0.131. The first-order chi connectivity index (χ1) is 27.7. The van der Waals surface area contributed by atoms with Crippen molar-refractivity contribution < 1.29 is 37.8 Å². The fourth-order valence-electron chi connectivity index (χ4n) is 9.03. The average molecular weight is 803 g/mol. The molecule has 6 fully saturated rings. The molecule has 4 saturated carbocycles. The molecule has 10 nitrogen and oxygen atoms in total. The van der Waals surface area contributed by atoms with E-state index in [1.54, 1.807) is 0 Å². The third-order valence-electron chi connectivity index (χ3n) is 12.6. The average Bonchev–Trinajstić information content (AvgIpc) is 4.04. The molecule has 4 aromatic rings. The highest BCUT2D eigenvalue weighted by molar-refractivity contribution is 6.17. The molecule has 2 spiro atoms. The zero-order chi connectivity index (χ0) is 39.6. The molecular formula is C46H59ClN2O8. The van der Waals surface area contributed by atoms with Gasteiger partial charge >= 0.3 is 0 Å². The van der Waals surface area contributed by atoms with Crippen LogP contribution in [0, 0.1) is 27.7 Å². The molecule has 0 unspecified atom stereocenters. The summed E-state index contributed by atoms with van der Waals surface area (Å²) in [6.07, 6.45) is 12.0. The summed E-state index contributed by atoms with van der Waals surface area (Å²) in [4.78, 5) is 0. The van der Waals surface area contributed by atoms with Gasteiger partial charge in [-0.05, 0) is 101 Å². The molecule has 0 bridgehead atoms. The van der Waals surface area contributed by atoms with E-state index in [2.05, 4.69) is 74.4 Å². The molecule has 0 amide bonds. The van der Waals surface area contributed by atoms with Gasteiger partial charge in [-0.15, -0.1) is 11.6 Å². The summed E-state index contributed by atoms with van der Waals surface area (Å²) in [5, 5.41) is 18.0. The van der Waals surface area contributed by atoms with Crippen LogP contribution < -0.4 is 0 Å². The van der Waals surface area contributed by atoms with E-state index in [9.17, 15) is 5.11 Å². The van der Waals surface area contributed by atoms with E-state index in [0.717, 1.165) is 112 Å². The van der Waals surface area contributed by atoms with Crippen LogP contribution in [0.2, 0.25) is 0 Å². The van der Waals surface area contributed by atoms with Crippen LogP contribution in [-0.2, 0) is 36.2 Å². The van der Waals surface area contributed by atoms with E-state index in [1.807, 2.05) is 0 Å². The topological polar surface area (TPSA) is 118 Å². The highest BCUT2D eigenvalue weighted by Crippen LogP contribution is 2.47. The van der Waals surface area contributed by atoms with E-state index in [0.29, 0.717) is 24.3 Å². The zero-order valence-electron chi connectivity index (χ0n) is 34.1. The molecule has 2 saturated heterocycles. The molecule has 308 valence electrons. The molecule has 10 rings (SSSR count). The smallest absolute Gasteiger partial charge is 0.168 e. The Kier molecular flexibility index (Phi) is 12.6. The molecule has 11 heteroatoms. The minimum atomic E-state index is -0.334. The van der Waals surface area contributed by atoms with Crippen molar-refractivity contribution in [2.24, 2.45) is 0 Å². The molecule has 2 aromatic heterocycles. The Hall–Kier alpha value is -3.09. The number of alkyl halides is 1. The lowest BCUT2D eigenvalue weighted by Crippen LogP contribution is -2.37. The van der Waals surface area contributed by atoms with Crippen molar-refractivity contribution in [3.63, 3.8) is 0 Å². The van der Waals surface area contributed by atoms with Gasteiger partial charge in [0.25, 0.3) is 0 Å². The summed E-state index contributed by atoms with van der Waals surface area (Å²) in [6, 6.07) is 12.6. The Balaban J connectivity index is 0.000000133. The van der Waals surface area contributed by atoms with Gasteiger partial charge in [-0.2, -0.15) is 0 Å². The number of aliphatic hydroxyl groups is 1. The van der Waals surface area contributed by atoms with Gasteiger partial charge in [0.05, 0.1) is 51.1 Å². The summed E-state index contributed by atoms with van der Waals surface area (Å²) >= 11 is 6.11. The Labute approximate surface area is 341 Å². The van der Waals surface area contributed by atoms with Crippen LogP contribution in [-0.4, -0.2) is 65.6 Å². The van der Waals surface area contributed by atoms with Gasteiger partial charge in [-0.1, -0.05) is 46.7 Å². The second-order valence-corrected chi connectivity index (χ2v) is 17.2. The molecule has 2 aromatic carbocycles. The number of hydrogen-bond donors (Lipinski definition) is 1. The third-order valence-corrected chi connectivity index (χ3v) is 12.9. The summed E-state index contributed by atoms with van der Waals surface area (Å²) < 4.78 is 40.4. The number of aryl methyl sites for hydroxylation is 4. The van der Waals surface area contributed by atoms with Gasteiger partial charge in [-0.3, -0.25) is 0 Å². The molecule has 6 aliphatic rings. The maximum absolute atomic E-state index is 9.24. The van der Waals surface area contributed by atoms with Gasteiger partial charge < -0.3 is 37.8 Å². The van der Waals surface area contributed by atoms with Crippen LogP contribution in [0.4, 0.5) is 0 Å². The number of rotatable bonds is 8. The van der Waals surface area contributed by atoms with Gasteiger partial charge in [0.15, 0.2) is 11.6 Å². The SMILES string of the molecule is Cc1cccc(C)c1-c1noc(C2CC2)c1CCl.Cc1cccc(C)c1-c1noc(C2CC2)c1COC1CCC2(CC1)OCCO2.OC1CCC2(CC1)OCCO2. The number of nitrogens with zero attached hydrogens (tertiary/aromatic N) is 2. The largest absolute Gasteiger partial charge is 0.393 e. The van der Waals surface area contributed by atoms with Crippen LogP contribution in [0.15, 0.2) is 45.4 Å². The van der Waals surface area contributed by atoms with E-state index in [1.165, 1.54) is 59.1 Å². The van der Waals surface area contributed by atoms with Gasteiger partial charge in [0.1, 0.15) is 22.9 Å². The normalized spacial score (nSPS) is 22.7. The van der Waals surface area contributed by atoms with Crippen LogP contribution in [0.25, 0.3) is 22.5 Å². The Morgan fingerprint density at radius 2 is 1.02 bits per heavy atom. The zero-order valence-corrected chi connectivity index (χ0v) is 34.8. The number of aromatic nitrogens is 2. The molecule has 57 heavy (non-hydrogen) atoms. The van der Waals surface area contributed by atoms with Crippen molar-refractivity contribution in [3.8, 4) is 22.5 Å². The second kappa shape index (κ2) is 17.6. The van der Waals surface area contributed by atoms with Crippen LogP contribution in [0.1, 0.15) is 134 Å². The van der Waals surface area contributed by atoms with Crippen LogP contribution in [0.5, 0.6) is 0 Å². The number of ether oxygens (including phenoxy) is 5. The molecule has 4 aliphatic carbocycles. The Morgan fingerprint density at radius 1 is 0.614 bits per heavy atom. The van der Waals surface area contributed by atoms with E-state index in [4.69, 9.17) is 44.3 Å². The van der Waals surface area contributed by atoms with Gasteiger partial charge in [0, 0.05) is 59.8 Å². The third kappa shape index (κ3) is 9.23. The number of halogens is 1. The predicted molar refractivity (Wildman–Crippen MR) is 217 cm³/mol. The summed E-state index contributed by atoms with van der Waals surface area (Å²) in [7, 11) is 0. The second-order valence-electron chi connectivity index (χ2n) is 16.9. The lowest BCUT2D eigenvalue weighted by molar-refractivity contribution is -0.192. The molecule has 0 radical (unpaired) electrons. The van der Waals surface area contributed by atoms with Crippen molar-refractivity contribution >= 4 is 11.6 Å². The van der Waals surface area contributed by atoms with Crippen molar-refractivity contribution in [1.29, 1.82) is 0 Å². The summed E-state index contributed by atoms with van der Waals surface area (Å²) in [5.41, 5.74) is 11.4. The first kappa shape index (κ1) is 40.7. The van der Waals surface area contributed by atoms with Crippen molar-refractivity contribution in [1.82, 2.24) is 10.3 Å². The van der Waals surface area contributed by atoms with Gasteiger partial charge in [-0.25, -0.2) is 0 Å².